The van der Waals surface area contributed by atoms with Gasteiger partial charge in [-0.1, -0.05) is 30.7 Å². The van der Waals surface area contributed by atoms with Crippen LogP contribution in [0.3, 0.4) is 0 Å². The number of carbonyl (C=O) groups is 2. The Balaban J connectivity index is 1.73. The van der Waals surface area contributed by atoms with E-state index in [9.17, 15) is 9.59 Å². The molecule has 0 saturated carbocycles. The number of ether oxygens (including phenoxy) is 1. The highest BCUT2D eigenvalue weighted by Crippen LogP contribution is 2.15. The number of hydrogen-bond donors (Lipinski definition) is 2. The van der Waals surface area contributed by atoms with E-state index >= 15 is 0 Å². The fourth-order valence-corrected chi connectivity index (χ4v) is 2.74. The third kappa shape index (κ3) is 7.58. The Bertz CT molecular complexity index is 763. The summed E-state index contributed by atoms with van der Waals surface area (Å²) < 4.78 is 5.09. The third-order valence-electron chi connectivity index (χ3n) is 4.20. The van der Waals surface area contributed by atoms with Gasteiger partial charge in [0.05, 0.1) is 20.2 Å². The van der Waals surface area contributed by atoms with Gasteiger partial charge >= 0.3 is 0 Å². The predicted molar refractivity (Wildman–Crippen MR) is 112 cm³/mol. The van der Waals surface area contributed by atoms with E-state index in [4.69, 9.17) is 16.3 Å². The molecule has 2 N–H and O–H groups in total. The Labute approximate surface area is 170 Å². The van der Waals surface area contributed by atoms with Crippen LogP contribution in [0.25, 0.3) is 0 Å². The largest absolute Gasteiger partial charge is 0.497 e. The summed E-state index contributed by atoms with van der Waals surface area (Å²) in [6.07, 6.45) is 0.729. The zero-order valence-corrected chi connectivity index (χ0v) is 17.0. The molecule has 0 unspecified atom stereocenters. The first-order valence-corrected chi connectivity index (χ1v) is 9.55. The molecule has 2 aromatic carbocycles. The molecule has 0 fully saturated rings. The van der Waals surface area contributed by atoms with E-state index in [0.29, 0.717) is 23.8 Å². The quantitative estimate of drug-likeness (QED) is 0.639. The summed E-state index contributed by atoms with van der Waals surface area (Å²) in [5.74, 6) is 0.456. The first-order chi connectivity index (χ1) is 13.5. The summed E-state index contributed by atoms with van der Waals surface area (Å²) in [5, 5.41) is 6.40. The van der Waals surface area contributed by atoms with E-state index in [1.807, 2.05) is 31.2 Å². The summed E-state index contributed by atoms with van der Waals surface area (Å²) >= 11 is 5.86. The number of halogens is 1. The molecule has 0 heterocycles. The molecule has 7 heteroatoms. The maximum Gasteiger partial charge on any atom is 0.238 e. The SMILES string of the molecule is CCN(CC(=O)NCCc1ccc(Cl)cc1)CC(=O)Nc1ccc(OC)cc1. The number of amides is 2. The molecule has 0 spiro atoms. The minimum Gasteiger partial charge on any atom is -0.497 e. The van der Waals surface area contributed by atoms with Gasteiger partial charge in [-0.05, 0) is 54.9 Å². The average molecular weight is 404 g/mol. The number of hydrogen-bond acceptors (Lipinski definition) is 4. The molecule has 6 nitrogen and oxygen atoms in total. The molecule has 28 heavy (non-hydrogen) atoms. The maximum atomic E-state index is 12.2. The van der Waals surface area contributed by atoms with Gasteiger partial charge in [0.15, 0.2) is 0 Å². The smallest absolute Gasteiger partial charge is 0.238 e. The Morgan fingerprint density at radius 1 is 1.00 bits per heavy atom. The van der Waals surface area contributed by atoms with E-state index in [1.165, 1.54) is 0 Å². The van der Waals surface area contributed by atoms with E-state index < -0.39 is 0 Å². The van der Waals surface area contributed by atoms with Crippen molar-refractivity contribution in [1.82, 2.24) is 10.2 Å². The van der Waals surface area contributed by atoms with Crippen LogP contribution in [-0.4, -0.2) is 50.0 Å². The van der Waals surface area contributed by atoms with Crippen LogP contribution in [0, 0.1) is 0 Å². The van der Waals surface area contributed by atoms with Crippen LogP contribution < -0.4 is 15.4 Å². The topological polar surface area (TPSA) is 70.7 Å². The van der Waals surface area contributed by atoms with E-state index in [0.717, 1.165) is 17.7 Å². The second-order valence-corrected chi connectivity index (χ2v) is 6.74. The van der Waals surface area contributed by atoms with Gasteiger partial charge in [0.1, 0.15) is 5.75 Å². The number of nitrogens with one attached hydrogen (secondary N) is 2. The molecular weight excluding hydrogens is 378 g/mol. The lowest BCUT2D eigenvalue weighted by Gasteiger charge is -2.19. The number of nitrogens with zero attached hydrogens (tertiary/aromatic N) is 1. The van der Waals surface area contributed by atoms with Crippen LogP contribution in [0.4, 0.5) is 5.69 Å². The van der Waals surface area contributed by atoms with Crippen LogP contribution in [-0.2, 0) is 16.0 Å². The zero-order chi connectivity index (χ0) is 20.4. The summed E-state index contributed by atoms with van der Waals surface area (Å²) in [5.41, 5.74) is 1.80. The van der Waals surface area contributed by atoms with Crippen LogP contribution in [0.2, 0.25) is 5.02 Å². The Hall–Kier alpha value is -2.57. The molecule has 0 saturated heterocycles. The molecule has 150 valence electrons. The van der Waals surface area contributed by atoms with Gasteiger partial charge in [0.2, 0.25) is 11.8 Å². The highest BCUT2D eigenvalue weighted by molar-refractivity contribution is 6.30. The normalized spacial score (nSPS) is 10.6. The molecule has 0 atom stereocenters. The van der Waals surface area contributed by atoms with Crippen molar-refractivity contribution < 1.29 is 14.3 Å². The molecule has 0 aliphatic carbocycles. The fourth-order valence-electron chi connectivity index (χ4n) is 2.61. The third-order valence-corrected chi connectivity index (χ3v) is 4.46. The number of benzene rings is 2. The van der Waals surface area contributed by atoms with E-state index in [-0.39, 0.29) is 24.9 Å². The number of methoxy groups -OCH3 is 1. The zero-order valence-electron chi connectivity index (χ0n) is 16.2. The van der Waals surface area contributed by atoms with Gasteiger partial charge in [-0.3, -0.25) is 14.5 Å². The number of rotatable bonds is 10. The second-order valence-electron chi connectivity index (χ2n) is 6.31. The molecular formula is C21H26ClN3O3. The summed E-state index contributed by atoms with van der Waals surface area (Å²) in [4.78, 5) is 26.2. The Morgan fingerprint density at radius 2 is 1.64 bits per heavy atom. The van der Waals surface area contributed by atoms with Gasteiger partial charge in [-0.25, -0.2) is 0 Å². The molecule has 0 aliphatic rings. The van der Waals surface area contributed by atoms with Gasteiger partial charge in [-0.2, -0.15) is 0 Å². The molecule has 0 aromatic heterocycles. The lowest BCUT2D eigenvalue weighted by Crippen LogP contribution is -2.41. The summed E-state index contributed by atoms with van der Waals surface area (Å²) in [6.45, 7) is 3.37. The molecule has 0 aliphatic heterocycles. The predicted octanol–water partition coefficient (Wildman–Crippen LogP) is 2.97. The van der Waals surface area contributed by atoms with Gasteiger partial charge in [-0.15, -0.1) is 0 Å². The molecule has 0 radical (unpaired) electrons. The van der Waals surface area contributed by atoms with Gasteiger partial charge in [0.25, 0.3) is 0 Å². The minimum atomic E-state index is -0.166. The van der Waals surface area contributed by atoms with Crippen molar-refractivity contribution in [1.29, 1.82) is 0 Å². The number of anilines is 1. The van der Waals surface area contributed by atoms with Crippen molar-refractivity contribution in [3.8, 4) is 5.75 Å². The monoisotopic (exact) mass is 403 g/mol. The molecule has 2 aromatic rings. The van der Waals surface area contributed by atoms with Crippen molar-refractivity contribution in [3.63, 3.8) is 0 Å². The number of carbonyl (C=O) groups excluding carboxylic acids is 2. The fraction of sp³-hybridized carbons (Fsp3) is 0.333. The van der Waals surface area contributed by atoms with Crippen molar-refractivity contribution in [2.75, 3.05) is 38.6 Å². The van der Waals surface area contributed by atoms with Crippen LogP contribution in [0.1, 0.15) is 12.5 Å². The minimum absolute atomic E-state index is 0.104. The van der Waals surface area contributed by atoms with Crippen LogP contribution >= 0.6 is 11.6 Å². The lowest BCUT2D eigenvalue weighted by molar-refractivity contribution is -0.123. The van der Waals surface area contributed by atoms with Gasteiger partial charge in [0, 0.05) is 17.3 Å². The standard InChI is InChI=1S/C21H26ClN3O3/c1-3-25(15-21(27)24-18-8-10-19(28-2)11-9-18)14-20(26)23-13-12-16-4-6-17(22)7-5-16/h4-11H,3,12-15H2,1-2H3,(H,23,26)(H,24,27). The first kappa shape index (κ1) is 21.7. The molecule has 0 bridgehead atoms. The van der Waals surface area contributed by atoms with E-state index in [2.05, 4.69) is 10.6 Å². The first-order valence-electron chi connectivity index (χ1n) is 9.17. The summed E-state index contributed by atoms with van der Waals surface area (Å²) in [7, 11) is 1.59. The lowest BCUT2D eigenvalue weighted by atomic mass is 10.1. The van der Waals surface area contributed by atoms with Crippen LogP contribution in [0.5, 0.6) is 5.75 Å². The second kappa shape index (κ2) is 11.3. The van der Waals surface area contributed by atoms with Crippen molar-refractivity contribution >= 4 is 29.1 Å². The van der Waals surface area contributed by atoms with Crippen molar-refractivity contribution in [2.24, 2.45) is 0 Å². The Kier molecular flexibility index (Phi) is 8.78. The maximum absolute atomic E-state index is 12.2. The summed E-state index contributed by atoms with van der Waals surface area (Å²) in [6, 6.07) is 14.7. The van der Waals surface area contributed by atoms with Crippen LogP contribution in [0.15, 0.2) is 48.5 Å². The van der Waals surface area contributed by atoms with E-state index in [1.54, 1.807) is 36.3 Å². The Morgan fingerprint density at radius 3 is 2.25 bits per heavy atom. The van der Waals surface area contributed by atoms with Crippen molar-refractivity contribution in [2.45, 2.75) is 13.3 Å². The molecule has 2 rings (SSSR count). The van der Waals surface area contributed by atoms with Crippen molar-refractivity contribution in [3.05, 3.63) is 59.1 Å². The highest BCUT2D eigenvalue weighted by Gasteiger charge is 2.13. The number of likely N-dealkylation sites (N-methyl/N-ethyl adjacent to an activating group) is 1. The average Bonchev–Trinajstić information content (AvgIpc) is 2.69. The highest BCUT2D eigenvalue weighted by atomic mass is 35.5. The molecule has 2 amide bonds. The van der Waals surface area contributed by atoms with Gasteiger partial charge < -0.3 is 15.4 Å².